The van der Waals surface area contributed by atoms with Gasteiger partial charge in [0.15, 0.2) is 0 Å². The maximum atomic E-state index is 12.4. The van der Waals surface area contributed by atoms with Crippen molar-refractivity contribution in [3.05, 3.63) is 0 Å². The minimum absolute atomic E-state index is 0.0194. The topological polar surface area (TPSA) is 95.0 Å². The lowest BCUT2D eigenvalue weighted by Crippen LogP contribution is -2.48. The molecule has 7 nitrogen and oxygen atoms in total. The first kappa shape index (κ1) is 16.2. The molecule has 120 valence electrons. The number of carboxylic acid groups (broad SMARTS) is 1. The zero-order valence-corrected chi connectivity index (χ0v) is 13.0. The van der Waals surface area contributed by atoms with Crippen molar-refractivity contribution < 1.29 is 23.1 Å². The van der Waals surface area contributed by atoms with Gasteiger partial charge < -0.3 is 10.0 Å². The third-order valence-corrected chi connectivity index (χ3v) is 5.66. The van der Waals surface area contributed by atoms with E-state index in [-0.39, 0.29) is 18.4 Å². The molecule has 2 heterocycles. The molecule has 1 N–H and O–H groups in total. The van der Waals surface area contributed by atoms with Gasteiger partial charge in [0.25, 0.3) is 0 Å². The average molecular weight is 318 g/mol. The van der Waals surface area contributed by atoms with Gasteiger partial charge in [0, 0.05) is 32.1 Å². The van der Waals surface area contributed by atoms with Crippen molar-refractivity contribution in [3.8, 4) is 0 Å². The molecule has 1 amide bonds. The number of carboxylic acids is 1. The Bertz CT molecular complexity index is 511. The second-order valence-corrected chi connectivity index (χ2v) is 7.88. The first-order valence-corrected chi connectivity index (χ1v) is 9.10. The van der Waals surface area contributed by atoms with Crippen molar-refractivity contribution in [3.63, 3.8) is 0 Å². The van der Waals surface area contributed by atoms with Crippen molar-refractivity contribution in [2.75, 3.05) is 32.4 Å². The van der Waals surface area contributed by atoms with E-state index in [4.69, 9.17) is 5.11 Å². The summed E-state index contributed by atoms with van der Waals surface area (Å²) in [4.78, 5) is 25.1. The van der Waals surface area contributed by atoms with E-state index in [2.05, 4.69) is 0 Å². The van der Waals surface area contributed by atoms with E-state index in [1.165, 1.54) is 10.6 Å². The highest BCUT2D eigenvalue weighted by Crippen LogP contribution is 2.24. The number of aliphatic carboxylic acids is 1. The summed E-state index contributed by atoms with van der Waals surface area (Å²) in [6.45, 7) is 1.62. The smallest absolute Gasteiger partial charge is 0.308 e. The highest BCUT2D eigenvalue weighted by atomic mass is 32.2. The molecule has 0 aromatic rings. The Morgan fingerprint density at radius 2 is 1.67 bits per heavy atom. The fourth-order valence-electron chi connectivity index (χ4n) is 3.07. The van der Waals surface area contributed by atoms with E-state index in [1.54, 1.807) is 4.90 Å². The molecule has 0 aromatic carbocycles. The second kappa shape index (κ2) is 6.31. The summed E-state index contributed by atoms with van der Waals surface area (Å²) < 4.78 is 24.3. The highest BCUT2D eigenvalue weighted by Gasteiger charge is 2.34. The molecule has 0 bridgehead atoms. The largest absolute Gasteiger partial charge is 0.481 e. The van der Waals surface area contributed by atoms with Crippen LogP contribution in [0.4, 0.5) is 0 Å². The van der Waals surface area contributed by atoms with Crippen LogP contribution in [0.5, 0.6) is 0 Å². The SMILES string of the molecule is CS(=O)(=O)N1CCC(C(=O)N2CCCC(C(=O)O)C2)CC1. The standard InChI is InChI=1S/C13H22N2O5S/c1-21(19,20)15-7-4-10(5-8-15)12(16)14-6-2-3-11(9-14)13(17)18/h10-11H,2-9H2,1H3,(H,17,18). The van der Waals surface area contributed by atoms with Crippen molar-refractivity contribution >= 4 is 21.9 Å². The van der Waals surface area contributed by atoms with Gasteiger partial charge in [0.2, 0.25) is 15.9 Å². The van der Waals surface area contributed by atoms with Crippen LogP contribution in [0.25, 0.3) is 0 Å². The number of amides is 1. The Balaban J connectivity index is 1.91. The molecule has 2 aliphatic rings. The number of likely N-dealkylation sites (tertiary alicyclic amines) is 1. The summed E-state index contributed by atoms with van der Waals surface area (Å²) in [7, 11) is -3.19. The molecule has 2 aliphatic heterocycles. The Kier molecular flexibility index (Phi) is 4.88. The van der Waals surface area contributed by atoms with Gasteiger partial charge >= 0.3 is 5.97 Å². The van der Waals surface area contributed by atoms with Crippen LogP contribution in [-0.4, -0.2) is 67.0 Å². The van der Waals surface area contributed by atoms with Crippen LogP contribution in [0, 0.1) is 11.8 Å². The quantitative estimate of drug-likeness (QED) is 0.789. The number of sulfonamides is 1. The van der Waals surface area contributed by atoms with Gasteiger partial charge in [0.1, 0.15) is 0 Å². The van der Waals surface area contributed by atoms with Crippen molar-refractivity contribution in [1.82, 2.24) is 9.21 Å². The predicted octanol–water partition coefficient (Wildman–Crippen LogP) is -0.0188. The van der Waals surface area contributed by atoms with Gasteiger partial charge in [-0.3, -0.25) is 9.59 Å². The third kappa shape index (κ3) is 3.94. The number of hydrogen-bond acceptors (Lipinski definition) is 4. The summed E-state index contributed by atoms with van der Waals surface area (Å²) in [5, 5.41) is 9.06. The first-order chi connectivity index (χ1) is 9.79. The summed E-state index contributed by atoms with van der Waals surface area (Å²) in [5.41, 5.74) is 0. The Morgan fingerprint density at radius 1 is 1.05 bits per heavy atom. The van der Waals surface area contributed by atoms with Gasteiger partial charge in [-0.2, -0.15) is 0 Å². The molecule has 21 heavy (non-hydrogen) atoms. The molecule has 0 radical (unpaired) electrons. The zero-order chi connectivity index (χ0) is 15.6. The maximum Gasteiger partial charge on any atom is 0.308 e. The number of hydrogen-bond donors (Lipinski definition) is 1. The van der Waals surface area contributed by atoms with Gasteiger partial charge in [-0.05, 0) is 25.7 Å². The first-order valence-electron chi connectivity index (χ1n) is 7.25. The van der Waals surface area contributed by atoms with Crippen molar-refractivity contribution in [1.29, 1.82) is 0 Å². The number of piperidine rings is 2. The van der Waals surface area contributed by atoms with E-state index in [0.717, 1.165) is 0 Å². The summed E-state index contributed by atoms with van der Waals surface area (Å²) in [6, 6.07) is 0. The molecule has 0 aliphatic carbocycles. The molecular formula is C13H22N2O5S. The van der Waals surface area contributed by atoms with E-state index in [0.29, 0.717) is 45.3 Å². The lowest BCUT2D eigenvalue weighted by Gasteiger charge is -2.36. The van der Waals surface area contributed by atoms with Gasteiger partial charge in [-0.25, -0.2) is 12.7 Å². The molecule has 0 aromatic heterocycles. The van der Waals surface area contributed by atoms with Gasteiger partial charge in [-0.15, -0.1) is 0 Å². The van der Waals surface area contributed by atoms with Crippen molar-refractivity contribution in [2.24, 2.45) is 11.8 Å². The summed E-state index contributed by atoms with van der Waals surface area (Å²) >= 11 is 0. The van der Waals surface area contributed by atoms with E-state index < -0.39 is 21.9 Å². The Morgan fingerprint density at radius 3 is 2.19 bits per heavy atom. The second-order valence-electron chi connectivity index (χ2n) is 5.90. The number of nitrogens with zero attached hydrogens (tertiary/aromatic N) is 2. The maximum absolute atomic E-state index is 12.4. The Hall–Kier alpha value is -1.15. The highest BCUT2D eigenvalue weighted by molar-refractivity contribution is 7.88. The lowest BCUT2D eigenvalue weighted by molar-refractivity contribution is -0.147. The minimum atomic E-state index is -3.19. The van der Waals surface area contributed by atoms with Crippen LogP contribution in [0.1, 0.15) is 25.7 Å². The van der Waals surface area contributed by atoms with Gasteiger partial charge in [-0.1, -0.05) is 0 Å². The lowest BCUT2D eigenvalue weighted by atomic mass is 9.93. The molecule has 2 saturated heterocycles. The van der Waals surface area contributed by atoms with Crippen LogP contribution in [-0.2, 0) is 19.6 Å². The fourth-order valence-corrected chi connectivity index (χ4v) is 3.95. The molecule has 0 saturated carbocycles. The Labute approximate surface area is 125 Å². The van der Waals surface area contributed by atoms with Crippen LogP contribution in [0.15, 0.2) is 0 Å². The zero-order valence-electron chi connectivity index (χ0n) is 12.2. The average Bonchev–Trinajstić information content (AvgIpc) is 2.46. The number of carbonyl (C=O) groups is 2. The van der Waals surface area contributed by atoms with E-state index in [1.807, 2.05) is 0 Å². The number of carbonyl (C=O) groups excluding carboxylic acids is 1. The van der Waals surface area contributed by atoms with Crippen molar-refractivity contribution in [2.45, 2.75) is 25.7 Å². The van der Waals surface area contributed by atoms with Crippen LogP contribution in [0.2, 0.25) is 0 Å². The molecule has 8 heteroatoms. The summed E-state index contributed by atoms with van der Waals surface area (Å²) in [6.07, 6.45) is 3.54. The minimum Gasteiger partial charge on any atom is -0.481 e. The monoisotopic (exact) mass is 318 g/mol. The van der Waals surface area contributed by atoms with E-state index in [9.17, 15) is 18.0 Å². The van der Waals surface area contributed by atoms with Crippen LogP contribution < -0.4 is 0 Å². The third-order valence-electron chi connectivity index (χ3n) is 4.35. The molecule has 0 spiro atoms. The van der Waals surface area contributed by atoms with Crippen LogP contribution >= 0.6 is 0 Å². The fraction of sp³-hybridized carbons (Fsp3) is 0.846. The molecule has 2 rings (SSSR count). The normalized spacial score (nSPS) is 25.8. The summed E-state index contributed by atoms with van der Waals surface area (Å²) in [5.74, 6) is -1.53. The van der Waals surface area contributed by atoms with E-state index >= 15 is 0 Å². The molecule has 2 fully saturated rings. The van der Waals surface area contributed by atoms with Crippen LogP contribution in [0.3, 0.4) is 0 Å². The molecule has 1 unspecified atom stereocenters. The molecule has 1 atom stereocenters. The predicted molar refractivity (Wildman–Crippen MR) is 76.1 cm³/mol. The molecular weight excluding hydrogens is 296 g/mol. The van der Waals surface area contributed by atoms with Gasteiger partial charge in [0.05, 0.1) is 12.2 Å². The number of rotatable bonds is 3.